The van der Waals surface area contributed by atoms with Crippen LogP contribution in [-0.4, -0.2) is 81.3 Å². The van der Waals surface area contributed by atoms with Gasteiger partial charge < -0.3 is 15.4 Å². The minimum atomic E-state index is -0.0991. The highest BCUT2D eigenvalue weighted by molar-refractivity contribution is 14.0. The number of piperidine rings is 1. The van der Waals surface area contributed by atoms with E-state index in [0.29, 0.717) is 24.4 Å². The zero-order valence-corrected chi connectivity index (χ0v) is 22.2. The fourth-order valence-corrected chi connectivity index (χ4v) is 4.57. The standard InChI is InChI=1S/C24H40FN5O.HI/c1-19(2)23(30-12-14-31-15-13-30)17-28-24(26-3)27-16-20-8-10-29(11-9-20)18-21-6-4-5-7-22(21)25;/h4-7,19-20,23H,8-18H2,1-3H3,(H2,26,27,28);1H. The zero-order valence-electron chi connectivity index (χ0n) is 19.9. The van der Waals surface area contributed by atoms with Gasteiger partial charge in [-0.25, -0.2) is 4.39 Å². The molecule has 3 rings (SSSR count). The zero-order chi connectivity index (χ0) is 22.1. The lowest BCUT2D eigenvalue weighted by atomic mass is 9.96. The van der Waals surface area contributed by atoms with E-state index in [0.717, 1.165) is 76.8 Å². The van der Waals surface area contributed by atoms with Gasteiger partial charge in [0.1, 0.15) is 5.82 Å². The topological polar surface area (TPSA) is 52.1 Å². The first-order valence-corrected chi connectivity index (χ1v) is 11.8. The van der Waals surface area contributed by atoms with Gasteiger partial charge in [-0.3, -0.25) is 14.8 Å². The SMILES string of the molecule is CN=C(NCC1CCN(Cc2ccccc2F)CC1)NCC(C(C)C)N1CCOCC1.I. The molecule has 0 bridgehead atoms. The summed E-state index contributed by atoms with van der Waals surface area (Å²) in [7, 11) is 1.84. The van der Waals surface area contributed by atoms with E-state index in [-0.39, 0.29) is 29.8 Å². The van der Waals surface area contributed by atoms with Crippen molar-refractivity contribution < 1.29 is 9.13 Å². The monoisotopic (exact) mass is 561 g/mol. The number of aliphatic imine (C=N–C) groups is 1. The molecule has 1 unspecified atom stereocenters. The van der Waals surface area contributed by atoms with Gasteiger partial charge in [-0.2, -0.15) is 0 Å². The van der Waals surface area contributed by atoms with Crippen LogP contribution < -0.4 is 10.6 Å². The second kappa shape index (κ2) is 14.3. The van der Waals surface area contributed by atoms with E-state index in [1.54, 1.807) is 12.1 Å². The van der Waals surface area contributed by atoms with Crippen LogP contribution in [0.3, 0.4) is 0 Å². The van der Waals surface area contributed by atoms with E-state index in [1.807, 2.05) is 19.2 Å². The lowest BCUT2D eigenvalue weighted by molar-refractivity contribution is 0.00752. The summed E-state index contributed by atoms with van der Waals surface area (Å²) in [6, 6.07) is 7.58. The molecule has 0 aromatic heterocycles. The van der Waals surface area contributed by atoms with Crippen LogP contribution in [-0.2, 0) is 11.3 Å². The van der Waals surface area contributed by atoms with Crippen LogP contribution in [0.5, 0.6) is 0 Å². The Hall–Kier alpha value is -0.970. The number of ether oxygens (including phenoxy) is 1. The average Bonchev–Trinajstić information content (AvgIpc) is 2.79. The number of hydrogen-bond acceptors (Lipinski definition) is 4. The molecule has 2 saturated heterocycles. The lowest BCUT2D eigenvalue weighted by Crippen LogP contribution is -2.53. The Kier molecular flexibility index (Phi) is 12.2. The first kappa shape index (κ1) is 27.3. The molecule has 2 heterocycles. The summed E-state index contributed by atoms with van der Waals surface area (Å²) in [5.41, 5.74) is 0.795. The van der Waals surface area contributed by atoms with Gasteiger partial charge in [-0.05, 0) is 43.8 Å². The van der Waals surface area contributed by atoms with Crippen molar-refractivity contribution in [3.8, 4) is 0 Å². The molecule has 1 aromatic rings. The highest BCUT2D eigenvalue weighted by atomic mass is 127. The van der Waals surface area contributed by atoms with Gasteiger partial charge in [-0.1, -0.05) is 32.0 Å². The number of guanidine groups is 1. The lowest BCUT2D eigenvalue weighted by Gasteiger charge is -2.37. The molecular formula is C24H41FIN5O. The van der Waals surface area contributed by atoms with Crippen LogP contribution in [0.15, 0.2) is 29.3 Å². The van der Waals surface area contributed by atoms with E-state index < -0.39 is 0 Å². The third-order valence-corrected chi connectivity index (χ3v) is 6.60. The maximum absolute atomic E-state index is 13.9. The van der Waals surface area contributed by atoms with E-state index >= 15 is 0 Å². The minimum Gasteiger partial charge on any atom is -0.379 e. The van der Waals surface area contributed by atoms with Crippen molar-refractivity contribution in [2.45, 2.75) is 39.3 Å². The Morgan fingerprint density at radius 2 is 1.81 bits per heavy atom. The number of nitrogens with zero attached hydrogens (tertiary/aromatic N) is 3. The fraction of sp³-hybridized carbons (Fsp3) is 0.708. The predicted octanol–water partition coefficient (Wildman–Crippen LogP) is 3.18. The summed E-state index contributed by atoms with van der Waals surface area (Å²) in [6.07, 6.45) is 2.25. The molecule has 32 heavy (non-hydrogen) atoms. The first-order chi connectivity index (χ1) is 15.1. The highest BCUT2D eigenvalue weighted by Gasteiger charge is 2.24. The molecule has 1 atom stereocenters. The number of morpholine rings is 1. The molecule has 0 saturated carbocycles. The number of rotatable bonds is 8. The maximum Gasteiger partial charge on any atom is 0.191 e. The fourth-order valence-electron chi connectivity index (χ4n) is 4.57. The number of likely N-dealkylation sites (tertiary alicyclic amines) is 1. The van der Waals surface area contributed by atoms with Crippen molar-refractivity contribution in [1.82, 2.24) is 20.4 Å². The highest BCUT2D eigenvalue weighted by Crippen LogP contribution is 2.19. The van der Waals surface area contributed by atoms with Crippen molar-refractivity contribution in [3.63, 3.8) is 0 Å². The molecule has 182 valence electrons. The predicted molar refractivity (Wildman–Crippen MR) is 140 cm³/mol. The number of nitrogens with one attached hydrogen (secondary N) is 2. The molecule has 0 amide bonds. The summed E-state index contributed by atoms with van der Waals surface area (Å²) < 4.78 is 19.4. The second-order valence-corrected chi connectivity index (χ2v) is 9.10. The molecule has 2 aliphatic rings. The Labute approximate surface area is 210 Å². The second-order valence-electron chi connectivity index (χ2n) is 9.10. The molecule has 2 fully saturated rings. The maximum atomic E-state index is 13.9. The van der Waals surface area contributed by atoms with Crippen molar-refractivity contribution in [1.29, 1.82) is 0 Å². The van der Waals surface area contributed by atoms with Crippen molar-refractivity contribution in [2.75, 3.05) is 59.5 Å². The van der Waals surface area contributed by atoms with Gasteiger partial charge >= 0.3 is 0 Å². The van der Waals surface area contributed by atoms with Gasteiger partial charge in [0.2, 0.25) is 0 Å². The largest absolute Gasteiger partial charge is 0.379 e. The van der Waals surface area contributed by atoms with Crippen LogP contribution in [0, 0.1) is 17.7 Å². The van der Waals surface area contributed by atoms with E-state index in [4.69, 9.17) is 4.74 Å². The number of halogens is 2. The first-order valence-electron chi connectivity index (χ1n) is 11.8. The van der Waals surface area contributed by atoms with Gasteiger partial charge in [0.05, 0.1) is 13.2 Å². The van der Waals surface area contributed by atoms with Crippen LogP contribution in [0.4, 0.5) is 4.39 Å². The van der Waals surface area contributed by atoms with E-state index in [2.05, 4.69) is 39.3 Å². The molecule has 0 radical (unpaired) electrons. The van der Waals surface area contributed by atoms with Crippen molar-refractivity contribution >= 4 is 29.9 Å². The van der Waals surface area contributed by atoms with Crippen molar-refractivity contribution in [2.24, 2.45) is 16.8 Å². The van der Waals surface area contributed by atoms with Gasteiger partial charge in [-0.15, -0.1) is 24.0 Å². The molecule has 2 N–H and O–H groups in total. The Balaban J connectivity index is 0.00000363. The van der Waals surface area contributed by atoms with Crippen LogP contribution in [0.2, 0.25) is 0 Å². The summed E-state index contributed by atoms with van der Waals surface area (Å²) in [5, 5.41) is 7.07. The van der Waals surface area contributed by atoms with Gasteiger partial charge in [0, 0.05) is 51.4 Å². The third-order valence-electron chi connectivity index (χ3n) is 6.60. The van der Waals surface area contributed by atoms with Gasteiger partial charge in [0.15, 0.2) is 5.96 Å². The van der Waals surface area contributed by atoms with Crippen LogP contribution in [0.25, 0.3) is 0 Å². The summed E-state index contributed by atoms with van der Waals surface area (Å²) in [6.45, 7) is 12.8. The summed E-state index contributed by atoms with van der Waals surface area (Å²) in [4.78, 5) is 9.31. The molecule has 0 aliphatic carbocycles. The Morgan fingerprint density at radius 1 is 1.12 bits per heavy atom. The average molecular weight is 562 g/mol. The van der Waals surface area contributed by atoms with Crippen LogP contribution in [0.1, 0.15) is 32.3 Å². The molecule has 2 aliphatic heterocycles. The molecule has 1 aromatic carbocycles. The normalized spacial score (nSPS) is 20.1. The Morgan fingerprint density at radius 3 is 2.44 bits per heavy atom. The quantitative estimate of drug-likeness (QED) is 0.290. The third kappa shape index (κ3) is 8.43. The Bertz CT molecular complexity index is 691. The summed E-state index contributed by atoms with van der Waals surface area (Å²) in [5.74, 6) is 1.98. The van der Waals surface area contributed by atoms with E-state index in [1.165, 1.54) is 0 Å². The number of benzene rings is 1. The smallest absolute Gasteiger partial charge is 0.191 e. The molecule has 6 nitrogen and oxygen atoms in total. The summed E-state index contributed by atoms with van der Waals surface area (Å²) >= 11 is 0. The van der Waals surface area contributed by atoms with Gasteiger partial charge in [0.25, 0.3) is 0 Å². The number of hydrogen-bond donors (Lipinski definition) is 2. The minimum absolute atomic E-state index is 0. The molecular weight excluding hydrogens is 520 g/mol. The van der Waals surface area contributed by atoms with Crippen molar-refractivity contribution in [3.05, 3.63) is 35.6 Å². The van der Waals surface area contributed by atoms with E-state index in [9.17, 15) is 4.39 Å². The molecule has 0 spiro atoms. The molecule has 8 heteroatoms. The van der Waals surface area contributed by atoms with Crippen LogP contribution >= 0.6 is 24.0 Å².